The monoisotopic (exact) mass is 257 g/mol. The summed E-state index contributed by atoms with van der Waals surface area (Å²) < 4.78 is 15.5. The quantitative estimate of drug-likeness (QED) is 0.513. The Morgan fingerprint density at radius 3 is 2.78 bits per heavy atom. The van der Waals surface area contributed by atoms with Gasteiger partial charge >= 0.3 is 5.97 Å². The lowest BCUT2D eigenvalue weighted by Gasteiger charge is -2.18. The summed E-state index contributed by atoms with van der Waals surface area (Å²) in [6.45, 7) is 2.28. The summed E-state index contributed by atoms with van der Waals surface area (Å²) in [5, 5.41) is 3.44. The number of hydrogen-bond donors (Lipinski definition) is 1. The van der Waals surface area contributed by atoms with Crippen LogP contribution in [0.1, 0.15) is 25.7 Å². The van der Waals surface area contributed by atoms with E-state index in [2.05, 4.69) is 5.32 Å². The zero-order valence-corrected chi connectivity index (χ0v) is 11.0. The minimum Gasteiger partial charge on any atom is -0.465 e. The van der Waals surface area contributed by atoms with Gasteiger partial charge in [-0.1, -0.05) is 0 Å². The van der Waals surface area contributed by atoms with Crippen molar-refractivity contribution in [3.05, 3.63) is 0 Å². The van der Waals surface area contributed by atoms with Crippen LogP contribution in [0.4, 0.5) is 0 Å². The van der Waals surface area contributed by atoms with E-state index in [9.17, 15) is 4.79 Å². The van der Waals surface area contributed by atoms with Crippen molar-refractivity contribution < 1.29 is 19.0 Å². The highest BCUT2D eigenvalue weighted by Gasteiger charge is 2.43. The fraction of sp³-hybridized carbons (Fsp3) is 0.923. The van der Waals surface area contributed by atoms with Crippen molar-refractivity contribution in [2.24, 2.45) is 5.92 Å². The minimum atomic E-state index is -0.0356. The first-order valence-corrected chi connectivity index (χ1v) is 6.80. The van der Waals surface area contributed by atoms with Gasteiger partial charge in [-0.05, 0) is 19.3 Å². The van der Waals surface area contributed by atoms with E-state index < -0.39 is 0 Å². The minimum absolute atomic E-state index is 0.0356. The van der Waals surface area contributed by atoms with Gasteiger partial charge in [0, 0.05) is 32.2 Å². The third-order valence-corrected chi connectivity index (χ3v) is 3.71. The second-order valence-corrected chi connectivity index (χ2v) is 5.02. The summed E-state index contributed by atoms with van der Waals surface area (Å²) in [7, 11) is 1.65. The molecule has 2 bridgehead atoms. The number of carbonyl (C=O) groups is 1. The third kappa shape index (κ3) is 3.67. The molecular formula is C13H23NO4. The molecule has 2 fully saturated rings. The van der Waals surface area contributed by atoms with Crippen LogP contribution in [0.2, 0.25) is 0 Å². The lowest BCUT2D eigenvalue weighted by molar-refractivity contribution is -0.149. The summed E-state index contributed by atoms with van der Waals surface area (Å²) in [4.78, 5) is 11.8. The molecule has 0 aromatic carbocycles. The molecule has 0 aliphatic carbocycles. The van der Waals surface area contributed by atoms with Gasteiger partial charge in [-0.3, -0.25) is 4.79 Å². The van der Waals surface area contributed by atoms with Crippen LogP contribution < -0.4 is 5.32 Å². The van der Waals surface area contributed by atoms with E-state index in [1.165, 1.54) is 6.42 Å². The van der Waals surface area contributed by atoms with E-state index in [0.717, 1.165) is 19.3 Å². The number of ether oxygens (including phenoxy) is 3. The Hall–Kier alpha value is -0.650. The molecule has 104 valence electrons. The van der Waals surface area contributed by atoms with Crippen molar-refractivity contribution in [2.45, 2.75) is 37.8 Å². The van der Waals surface area contributed by atoms with Gasteiger partial charge in [-0.2, -0.15) is 0 Å². The maximum Gasteiger partial charge on any atom is 0.310 e. The highest BCUT2D eigenvalue weighted by atomic mass is 16.5. The number of hydrogen-bond acceptors (Lipinski definition) is 5. The number of methoxy groups -OCH3 is 1. The van der Waals surface area contributed by atoms with Gasteiger partial charge in [0.2, 0.25) is 0 Å². The summed E-state index contributed by atoms with van der Waals surface area (Å²) in [6.07, 6.45) is 4.03. The Morgan fingerprint density at radius 1 is 1.22 bits per heavy atom. The molecule has 2 heterocycles. The summed E-state index contributed by atoms with van der Waals surface area (Å²) in [6, 6.07) is 0.908. The molecule has 5 nitrogen and oxygen atoms in total. The normalized spacial score (nSPS) is 29.7. The molecule has 0 amide bonds. The molecular weight excluding hydrogens is 234 g/mol. The van der Waals surface area contributed by atoms with Crippen molar-refractivity contribution >= 4 is 5.97 Å². The Kier molecular flexibility index (Phi) is 5.41. The van der Waals surface area contributed by atoms with Crippen molar-refractivity contribution in [1.29, 1.82) is 0 Å². The first-order chi connectivity index (χ1) is 8.81. The van der Waals surface area contributed by atoms with Gasteiger partial charge in [-0.15, -0.1) is 0 Å². The smallest absolute Gasteiger partial charge is 0.310 e. The fourth-order valence-electron chi connectivity index (χ4n) is 2.77. The number of rotatable bonds is 8. The predicted molar refractivity (Wildman–Crippen MR) is 66.3 cm³/mol. The van der Waals surface area contributed by atoms with E-state index >= 15 is 0 Å². The molecule has 18 heavy (non-hydrogen) atoms. The lowest BCUT2D eigenvalue weighted by atomic mass is 9.89. The number of esters is 1. The van der Waals surface area contributed by atoms with Gasteiger partial charge in [0.25, 0.3) is 0 Å². The Labute approximate surface area is 108 Å². The molecule has 2 aliphatic heterocycles. The molecule has 0 saturated carbocycles. The van der Waals surface area contributed by atoms with Crippen molar-refractivity contribution in [3.8, 4) is 0 Å². The largest absolute Gasteiger partial charge is 0.465 e. The third-order valence-electron chi connectivity index (χ3n) is 3.71. The highest BCUT2D eigenvalue weighted by molar-refractivity contribution is 5.74. The van der Waals surface area contributed by atoms with Crippen LogP contribution in [0.5, 0.6) is 0 Å². The van der Waals surface area contributed by atoms with Crippen LogP contribution in [0.25, 0.3) is 0 Å². The topological polar surface area (TPSA) is 56.8 Å². The molecule has 0 radical (unpaired) electrons. The Balaban J connectivity index is 1.50. The molecule has 0 aromatic rings. The molecule has 2 saturated heterocycles. The lowest BCUT2D eigenvalue weighted by Crippen LogP contribution is -2.30. The van der Waals surface area contributed by atoms with Gasteiger partial charge in [0.05, 0.1) is 25.7 Å². The van der Waals surface area contributed by atoms with E-state index in [4.69, 9.17) is 14.2 Å². The van der Waals surface area contributed by atoms with Gasteiger partial charge in [0.15, 0.2) is 0 Å². The van der Waals surface area contributed by atoms with Crippen molar-refractivity contribution in [1.82, 2.24) is 5.32 Å². The number of nitrogens with one attached hydrogen (secondary N) is 1. The zero-order chi connectivity index (χ0) is 12.8. The van der Waals surface area contributed by atoms with Crippen LogP contribution in [0.15, 0.2) is 0 Å². The zero-order valence-electron chi connectivity index (χ0n) is 11.0. The average Bonchev–Trinajstić information content (AvgIpc) is 2.99. The maximum atomic E-state index is 11.8. The first-order valence-electron chi connectivity index (χ1n) is 6.80. The fourth-order valence-corrected chi connectivity index (χ4v) is 2.77. The molecule has 2 rings (SSSR count). The van der Waals surface area contributed by atoms with Gasteiger partial charge in [0.1, 0.15) is 0 Å². The van der Waals surface area contributed by atoms with Crippen LogP contribution in [-0.4, -0.2) is 51.6 Å². The molecule has 1 N–H and O–H groups in total. The molecule has 3 unspecified atom stereocenters. The molecule has 0 aromatic heterocycles. The molecule has 3 atom stereocenters. The van der Waals surface area contributed by atoms with E-state index in [1.54, 1.807) is 7.11 Å². The van der Waals surface area contributed by atoms with Crippen LogP contribution in [0.3, 0.4) is 0 Å². The highest BCUT2D eigenvalue weighted by Crippen LogP contribution is 2.33. The molecule has 2 aliphatic rings. The Morgan fingerprint density at radius 2 is 2.11 bits per heavy atom. The predicted octanol–water partition coefficient (Wildman–Crippen LogP) is 0.723. The van der Waals surface area contributed by atoms with E-state index in [0.29, 0.717) is 38.5 Å². The van der Waals surface area contributed by atoms with E-state index in [1.807, 2.05) is 0 Å². The summed E-state index contributed by atoms with van der Waals surface area (Å²) in [5.74, 6) is 0.0461. The second kappa shape index (κ2) is 7.07. The van der Waals surface area contributed by atoms with Gasteiger partial charge < -0.3 is 19.5 Å². The maximum absolute atomic E-state index is 11.8. The average molecular weight is 257 g/mol. The van der Waals surface area contributed by atoms with Crippen LogP contribution in [0, 0.1) is 5.92 Å². The van der Waals surface area contributed by atoms with Crippen molar-refractivity contribution in [3.63, 3.8) is 0 Å². The standard InChI is InChI=1S/C13H23NO4/c1-16-7-8-17-5-2-6-18-13(15)11-9-10-3-4-12(11)14-10/h10-12,14H,2-9H2,1H3. The second-order valence-electron chi connectivity index (χ2n) is 5.02. The summed E-state index contributed by atoms with van der Waals surface area (Å²) in [5.41, 5.74) is 0. The molecule has 0 spiro atoms. The summed E-state index contributed by atoms with van der Waals surface area (Å²) >= 11 is 0. The van der Waals surface area contributed by atoms with Crippen molar-refractivity contribution in [2.75, 3.05) is 33.5 Å². The van der Waals surface area contributed by atoms with E-state index in [-0.39, 0.29) is 11.9 Å². The van der Waals surface area contributed by atoms with Gasteiger partial charge in [-0.25, -0.2) is 0 Å². The first kappa shape index (κ1) is 13.8. The molecule has 5 heteroatoms. The van der Waals surface area contributed by atoms with Crippen LogP contribution >= 0.6 is 0 Å². The Bertz CT molecular complexity index is 272. The SMILES string of the molecule is COCCOCCCOC(=O)C1CC2CCC1N2. The van der Waals surface area contributed by atoms with Crippen LogP contribution in [-0.2, 0) is 19.0 Å². The number of fused-ring (bicyclic) bond motifs is 2. The number of carbonyl (C=O) groups excluding carboxylic acids is 1.